The van der Waals surface area contributed by atoms with E-state index in [1.54, 1.807) is 4.57 Å². The van der Waals surface area contributed by atoms with E-state index in [-0.39, 0.29) is 22.2 Å². The number of aromatic amines is 1. The molecule has 0 saturated carbocycles. The van der Waals surface area contributed by atoms with Gasteiger partial charge in [0.2, 0.25) is 0 Å². The third-order valence-corrected chi connectivity index (χ3v) is 9.74. The van der Waals surface area contributed by atoms with Crippen LogP contribution in [0, 0.1) is 0 Å². The fourth-order valence-corrected chi connectivity index (χ4v) is 3.69. The molecular formula is C16H26N4O4Si. The number of aliphatic hydroxyl groups excluding tert-OH is 1. The van der Waals surface area contributed by atoms with Gasteiger partial charge in [0.15, 0.2) is 25.7 Å². The molecule has 1 aliphatic rings. The maximum atomic E-state index is 11.8. The zero-order valence-electron chi connectivity index (χ0n) is 15.3. The van der Waals surface area contributed by atoms with Crippen molar-refractivity contribution in [2.45, 2.75) is 63.8 Å². The third kappa shape index (κ3) is 3.41. The van der Waals surface area contributed by atoms with Crippen LogP contribution in [0.4, 0.5) is 0 Å². The zero-order valence-corrected chi connectivity index (χ0v) is 16.3. The molecular weight excluding hydrogens is 340 g/mol. The highest BCUT2D eigenvalue weighted by Gasteiger charge is 2.41. The molecule has 3 rings (SSSR count). The normalized spacial score (nSPS) is 25.0. The Labute approximate surface area is 147 Å². The van der Waals surface area contributed by atoms with Crippen molar-refractivity contribution >= 4 is 19.5 Å². The van der Waals surface area contributed by atoms with Gasteiger partial charge in [-0.1, -0.05) is 20.8 Å². The Hall–Kier alpha value is -1.55. The number of nitrogens with one attached hydrogen (secondary N) is 1. The average molecular weight is 366 g/mol. The second-order valence-electron chi connectivity index (χ2n) is 8.08. The number of hydrogen-bond acceptors (Lipinski definition) is 6. The Bertz CT molecular complexity index is 810. The Balaban J connectivity index is 1.73. The Morgan fingerprint density at radius 1 is 1.44 bits per heavy atom. The van der Waals surface area contributed by atoms with E-state index in [1.165, 1.54) is 12.7 Å². The average Bonchev–Trinajstić information content (AvgIpc) is 3.08. The smallest absolute Gasteiger partial charge is 0.278 e. The van der Waals surface area contributed by atoms with Crippen LogP contribution in [-0.2, 0) is 9.16 Å². The van der Waals surface area contributed by atoms with Gasteiger partial charge in [-0.2, -0.15) is 0 Å². The molecule has 1 aliphatic heterocycles. The number of H-pyrrole nitrogens is 1. The van der Waals surface area contributed by atoms with E-state index in [0.29, 0.717) is 18.7 Å². The first kappa shape index (κ1) is 18.2. The molecule has 0 aliphatic carbocycles. The molecule has 9 heteroatoms. The van der Waals surface area contributed by atoms with Crippen molar-refractivity contribution in [1.29, 1.82) is 0 Å². The molecule has 0 amide bonds. The van der Waals surface area contributed by atoms with Crippen LogP contribution >= 0.6 is 0 Å². The molecule has 8 nitrogen and oxygen atoms in total. The molecule has 0 bridgehead atoms. The van der Waals surface area contributed by atoms with Gasteiger partial charge in [-0.25, -0.2) is 9.97 Å². The maximum absolute atomic E-state index is 11.8. The highest BCUT2D eigenvalue weighted by Crippen LogP contribution is 2.38. The van der Waals surface area contributed by atoms with Crippen molar-refractivity contribution in [1.82, 2.24) is 19.5 Å². The van der Waals surface area contributed by atoms with E-state index in [1.807, 2.05) is 0 Å². The minimum absolute atomic E-state index is 0.120. The maximum Gasteiger partial charge on any atom is 0.278 e. The van der Waals surface area contributed by atoms with Gasteiger partial charge in [0, 0.05) is 6.42 Å². The lowest BCUT2D eigenvalue weighted by Gasteiger charge is -2.36. The minimum atomic E-state index is -1.87. The summed E-state index contributed by atoms with van der Waals surface area (Å²) in [5, 5.41) is 10.5. The lowest BCUT2D eigenvalue weighted by molar-refractivity contribution is -0.0471. The minimum Gasteiger partial charge on any atom is -0.414 e. The third-order valence-electron chi connectivity index (χ3n) is 5.24. The van der Waals surface area contributed by atoms with Crippen molar-refractivity contribution in [2.75, 3.05) is 6.61 Å². The summed E-state index contributed by atoms with van der Waals surface area (Å²) in [6, 6.07) is 0. The van der Waals surface area contributed by atoms with Crippen molar-refractivity contribution in [3.63, 3.8) is 0 Å². The van der Waals surface area contributed by atoms with Crippen LogP contribution in [0.25, 0.3) is 11.2 Å². The van der Waals surface area contributed by atoms with Crippen molar-refractivity contribution in [3.05, 3.63) is 23.0 Å². The van der Waals surface area contributed by atoms with Gasteiger partial charge in [0.1, 0.15) is 6.10 Å². The van der Waals surface area contributed by atoms with Gasteiger partial charge < -0.3 is 19.3 Å². The van der Waals surface area contributed by atoms with E-state index in [0.717, 1.165) is 0 Å². The number of ether oxygens (including phenoxy) is 1. The van der Waals surface area contributed by atoms with E-state index in [2.05, 4.69) is 48.8 Å². The molecule has 25 heavy (non-hydrogen) atoms. The lowest BCUT2D eigenvalue weighted by atomic mass is 10.2. The van der Waals surface area contributed by atoms with Crippen molar-refractivity contribution in [3.8, 4) is 0 Å². The molecule has 3 heterocycles. The molecule has 1 fully saturated rings. The Morgan fingerprint density at radius 3 is 2.84 bits per heavy atom. The van der Waals surface area contributed by atoms with Crippen LogP contribution in [0.3, 0.4) is 0 Å². The molecule has 0 aromatic carbocycles. The number of aliphatic hydroxyl groups is 1. The molecule has 3 atom stereocenters. The van der Waals surface area contributed by atoms with E-state index < -0.39 is 20.6 Å². The molecule has 2 aromatic heterocycles. The fourth-order valence-electron chi connectivity index (χ4n) is 2.65. The van der Waals surface area contributed by atoms with Gasteiger partial charge in [-0.3, -0.25) is 9.36 Å². The van der Waals surface area contributed by atoms with Crippen LogP contribution in [0.5, 0.6) is 0 Å². The first-order valence-corrected chi connectivity index (χ1v) is 11.4. The summed E-state index contributed by atoms with van der Waals surface area (Å²) in [5.74, 6) is 0. The van der Waals surface area contributed by atoms with Crippen molar-refractivity contribution < 1.29 is 14.3 Å². The molecule has 0 radical (unpaired) electrons. The van der Waals surface area contributed by atoms with Gasteiger partial charge in [0.25, 0.3) is 5.56 Å². The predicted octanol–water partition coefficient (Wildman–Crippen LogP) is 1.79. The van der Waals surface area contributed by atoms with Crippen LogP contribution in [0.15, 0.2) is 17.4 Å². The highest BCUT2D eigenvalue weighted by atomic mass is 28.4. The van der Waals surface area contributed by atoms with Gasteiger partial charge in [0.05, 0.1) is 25.4 Å². The fraction of sp³-hybridized carbons (Fsp3) is 0.688. The molecule has 1 unspecified atom stereocenters. The van der Waals surface area contributed by atoms with Crippen LogP contribution in [0.1, 0.15) is 33.4 Å². The summed E-state index contributed by atoms with van der Waals surface area (Å²) >= 11 is 0. The largest absolute Gasteiger partial charge is 0.414 e. The summed E-state index contributed by atoms with van der Waals surface area (Å²) in [6.45, 7) is 11.4. The molecule has 2 aromatic rings. The molecule has 138 valence electrons. The number of hydrogen-bond donors (Lipinski definition) is 2. The summed E-state index contributed by atoms with van der Waals surface area (Å²) in [6.07, 6.45) is 1.76. The van der Waals surface area contributed by atoms with E-state index in [4.69, 9.17) is 9.16 Å². The number of imidazole rings is 1. The summed E-state index contributed by atoms with van der Waals surface area (Å²) in [5.41, 5.74) is 0.326. The Morgan fingerprint density at radius 2 is 2.16 bits per heavy atom. The van der Waals surface area contributed by atoms with Crippen LogP contribution in [0.2, 0.25) is 18.1 Å². The first-order valence-electron chi connectivity index (χ1n) is 8.48. The highest BCUT2D eigenvalue weighted by molar-refractivity contribution is 6.74. The van der Waals surface area contributed by atoms with Crippen LogP contribution < -0.4 is 5.56 Å². The van der Waals surface area contributed by atoms with Gasteiger partial charge in [-0.15, -0.1) is 0 Å². The topological polar surface area (TPSA) is 102 Å². The summed E-state index contributed by atoms with van der Waals surface area (Å²) in [7, 11) is -1.87. The Kier molecular flexibility index (Phi) is 4.61. The summed E-state index contributed by atoms with van der Waals surface area (Å²) in [4.78, 5) is 22.5. The lowest BCUT2D eigenvalue weighted by Crippen LogP contribution is -2.42. The van der Waals surface area contributed by atoms with Crippen LogP contribution in [-0.4, -0.2) is 51.8 Å². The monoisotopic (exact) mass is 366 g/mol. The number of fused-ring (bicyclic) bond motifs is 1. The number of rotatable bonds is 4. The second kappa shape index (κ2) is 6.31. The number of aromatic nitrogens is 4. The summed E-state index contributed by atoms with van der Waals surface area (Å²) < 4.78 is 13.8. The first-order chi connectivity index (χ1) is 11.6. The van der Waals surface area contributed by atoms with E-state index >= 15 is 0 Å². The molecule has 1 saturated heterocycles. The standard InChI is InChI=1S/C16H26N4O4Si/c1-16(2,3)25(4,5)23-7-10-6-11(21)15(24-10)20-9-19-12-13(20)17-8-18-14(12)22/h8-11,15,21H,6-7H2,1-5H3,(H,17,18,22)/t10-,11?,15+/m0/s1. The molecule has 2 N–H and O–H groups in total. The van der Waals surface area contributed by atoms with Crippen molar-refractivity contribution in [2.24, 2.45) is 0 Å². The quantitative estimate of drug-likeness (QED) is 0.800. The van der Waals surface area contributed by atoms with Gasteiger partial charge in [-0.05, 0) is 18.1 Å². The van der Waals surface area contributed by atoms with E-state index in [9.17, 15) is 9.90 Å². The number of nitrogens with zero attached hydrogens (tertiary/aromatic N) is 3. The zero-order chi connectivity index (χ0) is 18.4. The van der Waals surface area contributed by atoms with Gasteiger partial charge >= 0.3 is 0 Å². The SMILES string of the molecule is CC(C)(C)[Si](C)(C)OC[C@@H]1CC(O)[C@H](n2cnc3c(=O)[nH]cnc32)O1. The predicted molar refractivity (Wildman–Crippen MR) is 95.8 cm³/mol. The molecule has 0 spiro atoms. The second-order valence-corrected chi connectivity index (χ2v) is 12.9.